The van der Waals surface area contributed by atoms with Gasteiger partial charge in [0, 0.05) is 45.0 Å². The van der Waals surface area contributed by atoms with Crippen molar-refractivity contribution in [2.45, 2.75) is 37.7 Å². The highest BCUT2D eigenvalue weighted by molar-refractivity contribution is 5.78. The summed E-state index contributed by atoms with van der Waals surface area (Å²) in [4.78, 5) is 20.6. The minimum absolute atomic E-state index is 0.201. The molecule has 2 aliphatic rings. The van der Waals surface area contributed by atoms with Crippen LogP contribution in [0.15, 0.2) is 24.4 Å². The van der Waals surface area contributed by atoms with E-state index in [2.05, 4.69) is 9.88 Å². The summed E-state index contributed by atoms with van der Waals surface area (Å²) in [5.41, 5.74) is 0.247. The Balaban J connectivity index is 1.44. The first kappa shape index (κ1) is 16.4. The van der Waals surface area contributed by atoms with E-state index < -0.39 is 5.60 Å². The van der Waals surface area contributed by atoms with Crippen LogP contribution in [0.1, 0.15) is 31.4 Å². The van der Waals surface area contributed by atoms with Gasteiger partial charge >= 0.3 is 0 Å². The molecule has 5 nitrogen and oxygen atoms in total. The fourth-order valence-corrected chi connectivity index (χ4v) is 3.25. The Bertz CT molecular complexity index is 522. The Morgan fingerprint density at radius 2 is 2.13 bits per heavy atom. The smallest absolute Gasteiger partial charge is 0.236 e. The van der Waals surface area contributed by atoms with Crippen LogP contribution in [0, 0.1) is 5.92 Å². The zero-order chi connectivity index (χ0) is 16.3. The van der Waals surface area contributed by atoms with E-state index in [-0.39, 0.29) is 5.91 Å². The monoisotopic (exact) mass is 317 g/mol. The molecule has 126 valence electrons. The number of carbonyl (C=O) groups is 1. The van der Waals surface area contributed by atoms with Gasteiger partial charge in [0.15, 0.2) is 0 Å². The molecule has 1 N–H and O–H groups in total. The summed E-state index contributed by atoms with van der Waals surface area (Å²) in [6.07, 6.45) is 6.29. The van der Waals surface area contributed by atoms with Crippen LogP contribution in [0.2, 0.25) is 0 Å². The highest BCUT2D eigenvalue weighted by Crippen LogP contribution is 2.29. The molecule has 1 saturated carbocycles. The Labute approximate surface area is 138 Å². The lowest BCUT2D eigenvalue weighted by atomic mass is 9.87. The van der Waals surface area contributed by atoms with Gasteiger partial charge in [-0.3, -0.25) is 14.7 Å². The first-order chi connectivity index (χ1) is 11.0. The Morgan fingerprint density at radius 3 is 2.74 bits per heavy atom. The van der Waals surface area contributed by atoms with E-state index >= 15 is 0 Å². The summed E-state index contributed by atoms with van der Waals surface area (Å²) >= 11 is 0. The third-order valence-electron chi connectivity index (χ3n) is 5.04. The van der Waals surface area contributed by atoms with Gasteiger partial charge in [-0.25, -0.2) is 0 Å². The summed E-state index contributed by atoms with van der Waals surface area (Å²) < 4.78 is 0. The number of nitrogens with zero attached hydrogens (tertiary/aromatic N) is 3. The van der Waals surface area contributed by atoms with Crippen LogP contribution in [-0.4, -0.2) is 64.6 Å². The number of hydrogen-bond donors (Lipinski definition) is 1. The second-order valence-corrected chi connectivity index (χ2v) is 7.22. The Kier molecular flexibility index (Phi) is 4.97. The molecular formula is C18H27N3O2. The average molecular weight is 317 g/mol. The fraction of sp³-hybridized carbons (Fsp3) is 0.667. The second-order valence-electron chi connectivity index (χ2n) is 7.22. The van der Waals surface area contributed by atoms with E-state index in [1.807, 2.05) is 30.1 Å². The number of likely N-dealkylation sites (N-methyl/N-ethyl adjacent to an activating group) is 1. The molecule has 1 saturated heterocycles. The first-order valence-corrected chi connectivity index (χ1v) is 8.63. The zero-order valence-electron chi connectivity index (χ0n) is 13.9. The van der Waals surface area contributed by atoms with Crippen LogP contribution >= 0.6 is 0 Å². The molecule has 3 rings (SSSR count). The minimum Gasteiger partial charge on any atom is -0.389 e. The third kappa shape index (κ3) is 4.75. The lowest BCUT2D eigenvalue weighted by molar-refractivity contribution is -0.132. The van der Waals surface area contributed by atoms with Gasteiger partial charge in [0.05, 0.1) is 12.1 Å². The number of hydrogen-bond acceptors (Lipinski definition) is 4. The van der Waals surface area contributed by atoms with Crippen LogP contribution < -0.4 is 0 Å². The maximum Gasteiger partial charge on any atom is 0.236 e. The van der Waals surface area contributed by atoms with E-state index in [1.165, 1.54) is 12.8 Å². The van der Waals surface area contributed by atoms with Gasteiger partial charge in [-0.2, -0.15) is 0 Å². The molecule has 0 spiro atoms. The van der Waals surface area contributed by atoms with E-state index in [9.17, 15) is 9.90 Å². The van der Waals surface area contributed by atoms with E-state index in [4.69, 9.17) is 0 Å². The molecule has 1 aromatic rings. The van der Waals surface area contributed by atoms with Gasteiger partial charge in [-0.05, 0) is 43.7 Å². The quantitative estimate of drug-likeness (QED) is 0.860. The van der Waals surface area contributed by atoms with Crippen LogP contribution in [-0.2, 0) is 11.2 Å². The predicted molar refractivity (Wildman–Crippen MR) is 88.9 cm³/mol. The molecule has 0 aromatic carbocycles. The van der Waals surface area contributed by atoms with Crippen molar-refractivity contribution in [3.05, 3.63) is 30.1 Å². The van der Waals surface area contributed by atoms with Gasteiger partial charge in [0.2, 0.25) is 5.91 Å². The molecule has 2 fully saturated rings. The summed E-state index contributed by atoms with van der Waals surface area (Å²) in [7, 11) is 1.90. The molecule has 0 bridgehead atoms. The summed E-state index contributed by atoms with van der Waals surface area (Å²) in [6.45, 7) is 2.91. The predicted octanol–water partition coefficient (Wildman–Crippen LogP) is 1.32. The van der Waals surface area contributed by atoms with E-state index in [0.717, 1.165) is 31.2 Å². The molecule has 23 heavy (non-hydrogen) atoms. The van der Waals surface area contributed by atoms with Crippen LogP contribution in [0.3, 0.4) is 0 Å². The highest BCUT2D eigenvalue weighted by Gasteiger charge is 2.34. The molecular weight excluding hydrogens is 290 g/mol. The maximum atomic E-state index is 12.2. The lowest BCUT2D eigenvalue weighted by Gasteiger charge is -2.38. The van der Waals surface area contributed by atoms with Gasteiger partial charge in [0.1, 0.15) is 0 Å². The van der Waals surface area contributed by atoms with Crippen molar-refractivity contribution < 1.29 is 9.90 Å². The first-order valence-electron chi connectivity index (χ1n) is 8.63. The van der Waals surface area contributed by atoms with Crippen molar-refractivity contribution in [1.82, 2.24) is 14.8 Å². The topological polar surface area (TPSA) is 56.7 Å². The van der Waals surface area contributed by atoms with Crippen molar-refractivity contribution in [2.24, 2.45) is 5.92 Å². The minimum atomic E-state index is -0.687. The summed E-state index contributed by atoms with van der Waals surface area (Å²) in [5, 5.41) is 10.8. The van der Waals surface area contributed by atoms with Gasteiger partial charge in [-0.15, -0.1) is 0 Å². The number of aromatic nitrogens is 1. The van der Waals surface area contributed by atoms with Crippen molar-refractivity contribution in [3.8, 4) is 0 Å². The van der Waals surface area contributed by atoms with Crippen molar-refractivity contribution in [1.29, 1.82) is 0 Å². The molecule has 1 aromatic heterocycles. The number of carbonyl (C=O) groups excluding carboxylic acids is 1. The normalized spacial score (nSPS) is 21.1. The van der Waals surface area contributed by atoms with Crippen molar-refractivity contribution in [3.63, 3.8) is 0 Å². The molecule has 0 atom stereocenters. The lowest BCUT2D eigenvalue weighted by Crippen LogP contribution is -2.49. The molecule has 0 radical (unpaired) electrons. The number of likely N-dealkylation sites (tertiary alicyclic amines) is 1. The molecule has 1 amide bonds. The number of rotatable bonds is 6. The van der Waals surface area contributed by atoms with Crippen LogP contribution in [0.5, 0.6) is 0 Å². The van der Waals surface area contributed by atoms with Gasteiger partial charge < -0.3 is 10.0 Å². The van der Waals surface area contributed by atoms with E-state index in [0.29, 0.717) is 25.8 Å². The third-order valence-corrected chi connectivity index (χ3v) is 5.04. The van der Waals surface area contributed by atoms with Crippen LogP contribution in [0.4, 0.5) is 0 Å². The average Bonchev–Trinajstić information content (AvgIpc) is 3.34. The Morgan fingerprint density at radius 1 is 1.39 bits per heavy atom. The van der Waals surface area contributed by atoms with Crippen LogP contribution in [0.25, 0.3) is 0 Å². The summed E-state index contributed by atoms with van der Waals surface area (Å²) in [6, 6.07) is 5.80. The largest absolute Gasteiger partial charge is 0.389 e. The second kappa shape index (κ2) is 6.97. The Hall–Kier alpha value is -1.46. The molecule has 2 heterocycles. The number of aliphatic hydroxyl groups is 1. The van der Waals surface area contributed by atoms with Crippen molar-refractivity contribution in [2.75, 3.05) is 33.2 Å². The molecule has 0 unspecified atom stereocenters. The number of piperidine rings is 1. The molecule has 1 aliphatic carbocycles. The molecule has 5 heteroatoms. The number of pyridine rings is 1. The fourth-order valence-electron chi connectivity index (χ4n) is 3.25. The summed E-state index contributed by atoms with van der Waals surface area (Å²) in [5.74, 6) is 0.931. The van der Waals surface area contributed by atoms with E-state index in [1.54, 1.807) is 6.20 Å². The molecule has 1 aliphatic heterocycles. The highest BCUT2D eigenvalue weighted by atomic mass is 16.3. The van der Waals surface area contributed by atoms with Gasteiger partial charge in [-0.1, -0.05) is 6.07 Å². The van der Waals surface area contributed by atoms with Crippen molar-refractivity contribution >= 4 is 5.91 Å². The standard InChI is InChI=1S/C18H27N3O2/c1-20(13-15-5-6-15)17(22)14-21-10-7-18(23,8-11-21)12-16-4-2-3-9-19-16/h2-4,9,15,23H,5-8,10-14H2,1H3. The maximum absolute atomic E-state index is 12.2. The zero-order valence-corrected chi connectivity index (χ0v) is 13.9. The SMILES string of the molecule is CN(CC1CC1)C(=O)CN1CCC(O)(Cc2ccccn2)CC1. The number of amides is 1. The van der Waals surface area contributed by atoms with Gasteiger partial charge in [0.25, 0.3) is 0 Å².